The number of nitro groups is 1. The normalized spacial score (nSPS) is 11.6. The molecule has 0 bridgehead atoms. The van der Waals surface area contributed by atoms with Gasteiger partial charge in [0.05, 0.1) is 17.8 Å². The topological polar surface area (TPSA) is 110 Å². The maximum Gasteiger partial charge on any atom is 0.305 e. The minimum Gasteiger partial charge on any atom is -0.481 e. The molecule has 7 heteroatoms. The first-order valence-corrected chi connectivity index (χ1v) is 8.14. The lowest BCUT2D eigenvalue weighted by atomic mass is 10.0. The van der Waals surface area contributed by atoms with Crippen molar-refractivity contribution >= 4 is 17.6 Å². The fourth-order valence-corrected chi connectivity index (χ4v) is 2.68. The Hall–Kier alpha value is -3.22. The number of nitrogens with one attached hydrogen (secondary N) is 1. The van der Waals surface area contributed by atoms with Crippen molar-refractivity contribution in [3.8, 4) is 0 Å². The Balaban J connectivity index is 2.04. The second-order valence-electron chi connectivity index (χ2n) is 6.09. The number of hydrogen-bond acceptors (Lipinski definition) is 4. The number of benzene rings is 2. The lowest BCUT2D eigenvalue weighted by Gasteiger charge is -2.17. The van der Waals surface area contributed by atoms with Gasteiger partial charge in [0.2, 0.25) is 5.91 Å². The fourth-order valence-electron chi connectivity index (χ4n) is 2.68. The number of rotatable bonds is 8. The molecule has 2 rings (SSSR count). The standard InChI is InChI=1S/C19H20N2O5/c1-13-4-2-3-5-15(13)11-18(22)20-16(12-19(23)24)10-14-6-8-17(9-7-14)21(25)26/h2-9,16H,10-12H2,1H3,(H,20,22)(H,23,24)/t16-/m0/s1. The van der Waals surface area contributed by atoms with Crippen LogP contribution in [0.2, 0.25) is 0 Å². The highest BCUT2D eigenvalue weighted by atomic mass is 16.6. The van der Waals surface area contributed by atoms with E-state index in [2.05, 4.69) is 5.32 Å². The molecule has 2 aromatic rings. The summed E-state index contributed by atoms with van der Waals surface area (Å²) >= 11 is 0. The molecule has 0 spiro atoms. The van der Waals surface area contributed by atoms with Crippen LogP contribution in [0.5, 0.6) is 0 Å². The van der Waals surface area contributed by atoms with E-state index in [4.69, 9.17) is 5.11 Å². The SMILES string of the molecule is Cc1ccccc1CC(=O)N[C@H](CC(=O)O)Cc1ccc([N+](=O)[O-])cc1. The molecule has 136 valence electrons. The molecule has 0 radical (unpaired) electrons. The van der Waals surface area contributed by atoms with Crippen LogP contribution in [-0.4, -0.2) is 27.9 Å². The van der Waals surface area contributed by atoms with E-state index >= 15 is 0 Å². The van der Waals surface area contributed by atoms with E-state index in [1.807, 2.05) is 31.2 Å². The third kappa shape index (κ3) is 5.70. The third-order valence-corrected chi connectivity index (χ3v) is 4.03. The van der Waals surface area contributed by atoms with Gasteiger partial charge in [0.25, 0.3) is 5.69 Å². The molecular weight excluding hydrogens is 336 g/mol. The van der Waals surface area contributed by atoms with Crippen molar-refractivity contribution in [1.82, 2.24) is 5.32 Å². The first-order valence-electron chi connectivity index (χ1n) is 8.14. The van der Waals surface area contributed by atoms with Crippen LogP contribution in [-0.2, 0) is 22.4 Å². The van der Waals surface area contributed by atoms with Crippen LogP contribution in [0.15, 0.2) is 48.5 Å². The quantitative estimate of drug-likeness (QED) is 0.558. The Morgan fingerprint density at radius 3 is 2.38 bits per heavy atom. The van der Waals surface area contributed by atoms with Crippen molar-refractivity contribution in [2.24, 2.45) is 0 Å². The van der Waals surface area contributed by atoms with Gasteiger partial charge in [-0.3, -0.25) is 19.7 Å². The Morgan fingerprint density at radius 1 is 1.15 bits per heavy atom. The molecule has 26 heavy (non-hydrogen) atoms. The summed E-state index contributed by atoms with van der Waals surface area (Å²) in [5.74, 6) is -1.28. The first-order chi connectivity index (χ1) is 12.3. The lowest BCUT2D eigenvalue weighted by Crippen LogP contribution is -2.39. The highest BCUT2D eigenvalue weighted by Gasteiger charge is 2.18. The van der Waals surface area contributed by atoms with Gasteiger partial charge in [0.15, 0.2) is 0 Å². The van der Waals surface area contributed by atoms with Gasteiger partial charge < -0.3 is 10.4 Å². The molecule has 0 unspecified atom stereocenters. The molecule has 0 aliphatic rings. The molecule has 2 aromatic carbocycles. The number of nitrogens with zero attached hydrogens (tertiary/aromatic N) is 1. The number of nitro benzene ring substituents is 1. The summed E-state index contributed by atoms with van der Waals surface area (Å²) < 4.78 is 0. The van der Waals surface area contributed by atoms with E-state index in [0.29, 0.717) is 0 Å². The lowest BCUT2D eigenvalue weighted by molar-refractivity contribution is -0.384. The number of carbonyl (C=O) groups is 2. The monoisotopic (exact) mass is 356 g/mol. The predicted octanol–water partition coefficient (Wildman–Crippen LogP) is 2.65. The average Bonchev–Trinajstić information content (AvgIpc) is 2.56. The zero-order chi connectivity index (χ0) is 19.1. The van der Waals surface area contributed by atoms with E-state index in [1.54, 1.807) is 12.1 Å². The second-order valence-corrected chi connectivity index (χ2v) is 6.09. The number of amides is 1. The minimum atomic E-state index is -1.02. The number of aryl methyl sites for hydroxylation is 1. The molecule has 0 fully saturated rings. The van der Waals surface area contributed by atoms with Crippen LogP contribution in [0.4, 0.5) is 5.69 Å². The van der Waals surface area contributed by atoms with Gasteiger partial charge in [0, 0.05) is 18.2 Å². The highest BCUT2D eigenvalue weighted by Crippen LogP contribution is 2.14. The van der Waals surface area contributed by atoms with Crippen molar-refractivity contribution in [3.05, 3.63) is 75.3 Å². The van der Waals surface area contributed by atoms with E-state index < -0.39 is 16.9 Å². The first kappa shape index (κ1) is 19.1. The molecular formula is C19H20N2O5. The second kappa shape index (κ2) is 8.75. The van der Waals surface area contributed by atoms with Crippen molar-refractivity contribution < 1.29 is 19.6 Å². The summed E-state index contributed by atoms with van der Waals surface area (Å²) in [5.41, 5.74) is 2.56. The van der Waals surface area contributed by atoms with E-state index in [-0.39, 0.29) is 30.9 Å². The summed E-state index contributed by atoms with van der Waals surface area (Å²) in [4.78, 5) is 33.6. The summed E-state index contributed by atoms with van der Waals surface area (Å²) in [6.07, 6.45) is 0.226. The van der Waals surface area contributed by atoms with Crippen LogP contribution in [0, 0.1) is 17.0 Å². The largest absolute Gasteiger partial charge is 0.481 e. The fraction of sp³-hybridized carbons (Fsp3) is 0.263. The number of aliphatic carboxylic acids is 1. The van der Waals surface area contributed by atoms with Gasteiger partial charge in [-0.25, -0.2) is 0 Å². The zero-order valence-electron chi connectivity index (χ0n) is 14.3. The summed E-state index contributed by atoms with van der Waals surface area (Å²) in [7, 11) is 0. The molecule has 0 aliphatic carbocycles. The summed E-state index contributed by atoms with van der Waals surface area (Å²) in [5, 5.41) is 22.5. The molecule has 0 saturated carbocycles. The van der Waals surface area contributed by atoms with Crippen molar-refractivity contribution in [2.75, 3.05) is 0 Å². The number of hydrogen-bond donors (Lipinski definition) is 2. The van der Waals surface area contributed by atoms with Crippen molar-refractivity contribution in [2.45, 2.75) is 32.2 Å². The minimum absolute atomic E-state index is 0.0351. The zero-order valence-corrected chi connectivity index (χ0v) is 14.3. The predicted molar refractivity (Wildman–Crippen MR) is 95.9 cm³/mol. The molecule has 7 nitrogen and oxygen atoms in total. The van der Waals surface area contributed by atoms with Crippen LogP contribution in [0.3, 0.4) is 0 Å². The van der Waals surface area contributed by atoms with E-state index in [1.165, 1.54) is 12.1 Å². The molecule has 2 N–H and O–H groups in total. The molecule has 0 aliphatic heterocycles. The molecule has 1 amide bonds. The number of carbonyl (C=O) groups excluding carboxylic acids is 1. The van der Waals surface area contributed by atoms with Crippen LogP contribution in [0.1, 0.15) is 23.1 Å². The van der Waals surface area contributed by atoms with Gasteiger partial charge in [0.1, 0.15) is 0 Å². The Kier molecular flexibility index (Phi) is 6.43. The molecule has 0 saturated heterocycles. The van der Waals surface area contributed by atoms with Gasteiger partial charge in [-0.2, -0.15) is 0 Å². The average molecular weight is 356 g/mol. The number of carboxylic acids is 1. The van der Waals surface area contributed by atoms with Gasteiger partial charge in [-0.1, -0.05) is 36.4 Å². The van der Waals surface area contributed by atoms with Gasteiger partial charge >= 0.3 is 5.97 Å². The molecule has 1 atom stereocenters. The number of carboxylic acid groups (broad SMARTS) is 1. The van der Waals surface area contributed by atoms with Crippen molar-refractivity contribution in [3.63, 3.8) is 0 Å². The van der Waals surface area contributed by atoms with Crippen LogP contribution >= 0.6 is 0 Å². The van der Waals surface area contributed by atoms with Gasteiger partial charge in [-0.05, 0) is 30.0 Å². The maximum atomic E-state index is 12.3. The van der Waals surface area contributed by atoms with Crippen LogP contribution < -0.4 is 5.32 Å². The molecule has 0 heterocycles. The Morgan fingerprint density at radius 2 is 1.81 bits per heavy atom. The Bertz CT molecular complexity index is 802. The highest BCUT2D eigenvalue weighted by molar-refractivity contribution is 5.80. The van der Waals surface area contributed by atoms with Crippen molar-refractivity contribution in [1.29, 1.82) is 0 Å². The van der Waals surface area contributed by atoms with E-state index in [9.17, 15) is 19.7 Å². The summed E-state index contributed by atoms with van der Waals surface area (Å²) in [6.45, 7) is 1.91. The molecule has 0 aromatic heterocycles. The van der Waals surface area contributed by atoms with E-state index in [0.717, 1.165) is 16.7 Å². The third-order valence-electron chi connectivity index (χ3n) is 4.03. The number of non-ortho nitro benzene ring substituents is 1. The van der Waals surface area contributed by atoms with Gasteiger partial charge in [-0.15, -0.1) is 0 Å². The van der Waals surface area contributed by atoms with Crippen LogP contribution in [0.25, 0.3) is 0 Å². The maximum absolute atomic E-state index is 12.3. The Labute approximate surface area is 150 Å². The summed E-state index contributed by atoms with van der Waals surface area (Å²) in [6, 6.07) is 12.8. The smallest absolute Gasteiger partial charge is 0.305 e.